The Bertz CT molecular complexity index is 601. The van der Waals surface area contributed by atoms with Gasteiger partial charge in [0.2, 0.25) is 0 Å². The lowest BCUT2D eigenvalue weighted by molar-refractivity contribution is -0.145. The highest BCUT2D eigenvalue weighted by molar-refractivity contribution is 14.1. The zero-order valence-corrected chi connectivity index (χ0v) is 33.2. The van der Waals surface area contributed by atoms with Gasteiger partial charge in [-0.1, -0.05) is 132 Å². The first-order valence-corrected chi connectivity index (χ1v) is 21.1. The summed E-state index contributed by atoms with van der Waals surface area (Å²) in [7, 11) is 0. The number of ether oxygens (including phenoxy) is 8. The zero-order chi connectivity index (χ0) is 34.7. The van der Waals surface area contributed by atoms with Crippen molar-refractivity contribution in [2.75, 3.05) is 104 Å². The van der Waals surface area contributed by atoms with Crippen molar-refractivity contribution in [2.45, 2.75) is 135 Å². The van der Waals surface area contributed by atoms with E-state index in [4.69, 9.17) is 37.9 Å². The first-order valence-electron chi connectivity index (χ1n) is 19.6. The van der Waals surface area contributed by atoms with Crippen LogP contribution < -0.4 is 0 Å². The van der Waals surface area contributed by atoms with Crippen LogP contribution in [0, 0.1) is 0 Å². The normalized spacial score (nSPS) is 11.5. The minimum absolute atomic E-state index is 0.122. The van der Waals surface area contributed by atoms with Gasteiger partial charge in [0.1, 0.15) is 6.61 Å². The molecule has 48 heavy (non-hydrogen) atoms. The van der Waals surface area contributed by atoms with Gasteiger partial charge in [-0.25, -0.2) is 0 Å². The van der Waals surface area contributed by atoms with Crippen molar-refractivity contribution in [3.8, 4) is 0 Å². The number of carbonyl (C=O) groups excluding carboxylic acids is 1. The molecule has 0 aromatic heterocycles. The van der Waals surface area contributed by atoms with Gasteiger partial charge in [-0.05, 0) is 23.7 Å². The van der Waals surface area contributed by atoms with Crippen LogP contribution in [0.4, 0.5) is 0 Å². The fourth-order valence-electron chi connectivity index (χ4n) is 5.00. The maximum Gasteiger partial charge on any atom is 0.305 e. The minimum Gasteiger partial charge on any atom is -0.463 e. The van der Waals surface area contributed by atoms with Gasteiger partial charge in [-0.2, -0.15) is 0 Å². The molecule has 0 heterocycles. The van der Waals surface area contributed by atoms with Crippen LogP contribution in [0.2, 0.25) is 0 Å². The monoisotopic (exact) mass is 802 g/mol. The molecule has 0 unspecified atom stereocenters. The SMILES string of the molecule is CCCCCCCCCCCCCCCCCC(=O)OCCOCCOCCOCCOCCOCCOCCOCCCCCCI. The Morgan fingerprint density at radius 2 is 0.646 bits per heavy atom. The molecule has 0 bridgehead atoms. The van der Waals surface area contributed by atoms with Crippen molar-refractivity contribution in [3.63, 3.8) is 0 Å². The topological polar surface area (TPSA) is 90.9 Å². The number of hydrogen-bond donors (Lipinski definition) is 0. The summed E-state index contributed by atoms with van der Waals surface area (Å²) < 4.78 is 45.0. The molecule has 9 nitrogen and oxygen atoms in total. The van der Waals surface area contributed by atoms with Gasteiger partial charge in [0.05, 0.1) is 85.9 Å². The lowest BCUT2D eigenvalue weighted by atomic mass is 10.0. The van der Waals surface area contributed by atoms with Crippen LogP contribution in [0.3, 0.4) is 0 Å². The molecule has 0 radical (unpaired) electrons. The summed E-state index contributed by atoms with van der Waals surface area (Å²) in [6, 6.07) is 0. The average molecular weight is 803 g/mol. The molecule has 0 aliphatic rings. The standard InChI is InChI=1S/C38H75IO9/c1-2-3-4-5-6-7-8-9-10-11-12-13-14-15-18-21-38(40)48-37-36-47-35-34-46-33-32-45-31-30-44-29-28-43-27-26-42-25-24-41-23-20-17-16-19-22-39/h2-37H2,1H3. The fourth-order valence-corrected chi connectivity index (χ4v) is 5.54. The van der Waals surface area contributed by atoms with Crippen molar-refractivity contribution in [1.82, 2.24) is 0 Å². The maximum atomic E-state index is 11.9. The quantitative estimate of drug-likeness (QED) is 0.0260. The van der Waals surface area contributed by atoms with Crippen LogP contribution in [0.25, 0.3) is 0 Å². The summed E-state index contributed by atoms with van der Waals surface area (Å²) in [5.41, 5.74) is 0. The lowest BCUT2D eigenvalue weighted by Gasteiger charge is -2.09. The van der Waals surface area contributed by atoms with E-state index < -0.39 is 0 Å². The molecule has 0 rings (SSSR count). The molecule has 0 aliphatic carbocycles. The van der Waals surface area contributed by atoms with E-state index in [9.17, 15) is 4.79 Å². The third-order valence-corrected chi connectivity index (χ3v) is 8.64. The van der Waals surface area contributed by atoms with E-state index in [1.54, 1.807) is 0 Å². The van der Waals surface area contributed by atoms with E-state index in [1.807, 2.05) is 0 Å². The van der Waals surface area contributed by atoms with Crippen LogP contribution in [-0.4, -0.2) is 110 Å². The van der Waals surface area contributed by atoms with Crippen LogP contribution in [0.15, 0.2) is 0 Å². The second kappa shape index (κ2) is 44.9. The number of carbonyl (C=O) groups is 1. The van der Waals surface area contributed by atoms with E-state index in [2.05, 4.69) is 29.5 Å². The molecule has 288 valence electrons. The molecule has 0 N–H and O–H groups in total. The van der Waals surface area contributed by atoms with Gasteiger partial charge in [-0.3, -0.25) is 4.79 Å². The summed E-state index contributed by atoms with van der Waals surface area (Å²) in [5.74, 6) is -0.122. The third kappa shape index (κ3) is 43.9. The first kappa shape index (κ1) is 47.9. The molecule has 0 saturated heterocycles. The lowest BCUT2D eigenvalue weighted by Crippen LogP contribution is -2.15. The molecule has 0 saturated carbocycles. The van der Waals surface area contributed by atoms with Crippen LogP contribution in [0.1, 0.15) is 135 Å². The van der Waals surface area contributed by atoms with E-state index in [0.717, 1.165) is 25.9 Å². The first-order chi connectivity index (χ1) is 23.8. The number of esters is 1. The molecule has 0 aromatic rings. The van der Waals surface area contributed by atoms with Crippen molar-refractivity contribution >= 4 is 28.6 Å². The van der Waals surface area contributed by atoms with Crippen molar-refractivity contribution in [2.24, 2.45) is 0 Å². The second-order valence-corrected chi connectivity index (χ2v) is 13.4. The number of halogens is 1. The van der Waals surface area contributed by atoms with Gasteiger partial charge in [-0.15, -0.1) is 0 Å². The molecular weight excluding hydrogens is 727 g/mol. The van der Waals surface area contributed by atoms with Crippen molar-refractivity contribution < 1.29 is 42.7 Å². The fraction of sp³-hybridized carbons (Fsp3) is 0.974. The number of alkyl halides is 1. The van der Waals surface area contributed by atoms with Crippen LogP contribution >= 0.6 is 22.6 Å². The summed E-state index contributed by atoms with van der Waals surface area (Å²) >= 11 is 2.42. The number of unbranched alkanes of at least 4 members (excludes halogenated alkanes) is 17. The van der Waals surface area contributed by atoms with Crippen molar-refractivity contribution in [1.29, 1.82) is 0 Å². The largest absolute Gasteiger partial charge is 0.463 e. The van der Waals surface area contributed by atoms with E-state index >= 15 is 0 Å². The van der Waals surface area contributed by atoms with Gasteiger partial charge >= 0.3 is 5.97 Å². The van der Waals surface area contributed by atoms with Gasteiger partial charge in [0, 0.05) is 13.0 Å². The molecule has 0 amide bonds. The van der Waals surface area contributed by atoms with Crippen molar-refractivity contribution in [3.05, 3.63) is 0 Å². The number of rotatable bonds is 43. The second-order valence-electron chi connectivity index (χ2n) is 12.3. The summed E-state index contributed by atoms with van der Waals surface area (Å²) in [6.07, 6.45) is 25.3. The van der Waals surface area contributed by atoms with Crippen LogP contribution in [0.5, 0.6) is 0 Å². The third-order valence-electron chi connectivity index (χ3n) is 7.88. The zero-order valence-electron chi connectivity index (χ0n) is 31.0. The molecule has 0 aliphatic heterocycles. The minimum atomic E-state index is -0.122. The molecular formula is C38H75IO9. The number of hydrogen-bond acceptors (Lipinski definition) is 9. The molecule has 0 aromatic carbocycles. The molecule has 0 atom stereocenters. The highest BCUT2D eigenvalue weighted by atomic mass is 127. The Balaban J connectivity index is 3.13. The Morgan fingerprint density at radius 1 is 0.354 bits per heavy atom. The van der Waals surface area contributed by atoms with E-state index in [-0.39, 0.29) is 5.97 Å². The highest BCUT2D eigenvalue weighted by Crippen LogP contribution is 2.14. The highest BCUT2D eigenvalue weighted by Gasteiger charge is 2.03. The molecule has 0 spiro atoms. The smallest absolute Gasteiger partial charge is 0.305 e. The summed E-state index contributed by atoms with van der Waals surface area (Å²) in [4.78, 5) is 11.9. The summed E-state index contributed by atoms with van der Waals surface area (Å²) in [6.45, 7) is 10.3. The maximum absolute atomic E-state index is 11.9. The van der Waals surface area contributed by atoms with Gasteiger partial charge < -0.3 is 37.9 Å². The Hall–Kier alpha value is -0.0800. The Kier molecular flexibility index (Phi) is 44.9. The summed E-state index contributed by atoms with van der Waals surface area (Å²) in [5, 5.41) is 0. The van der Waals surface area contributed by atoms with Gasteiger partial charge in [0.25, 0.3) is 0 Å². The Morgan fingerprint density at radius 3 is 1.02 bits per heavy atom. The predicted molar refractivity (Wildman–Crippen MR) is 204 cm³/mol. The molecule has 0 fully saturated rings. The van der Waals surface area contributed by atoms with Crippen LogP contribution in [-0.2, 0) is 42.7 Å². The average Bonchev–Trinajstić information content (AvgIpc) is 3.09. The molecule has 10 heteroatoms. The van der Waals surface area contributed by atoms with E-state index in [0.29, 0.717) is 98.9 Å². The van der Waals surface area contributed by atoms with Gasteiger partial charge in [0.15, 0.2) is 0 Å². The predicted octanol–water partition coefficient (Wildman–Crippen LogP) is 8.90. The van der Waals surface area contributed by atoms with E-state index in [1.165, 1.54) is 107 Å². The Labute approximate surface area is 309 Å².